The van der Waals surface area contributed by atoms with Gasteiger partial charge in [0.25, 0.3) is 18.3 Å². The van der Waals surface area contributed by atoms with Crippen molar-refractivity contribution in [2.75, 3.05) is 0 Å². The van der Waals surface area contributed by atoms with E-state index in [1.807, 2.05) is 27.7 Å². The molecule has 0 bridgehead atoms. The normalized spacial score (nSPS) is 18.4. The zero-order valence-corrected chi connectivity index (χ0v) is 11.7. The van der Waals surface area contributed by atoms with Crippen LogP contribution in [0, 0.1) is 0 Å². The van der Waals surface area contributed by atoms with Crippen LogP contribution in [0.2, 0.25) is 0 Å². The molecule has 0 unspecified atom stereocenters. The van der Waals surface area contributed by atoms with Crippen LogP contribution in [0.25, 0.3) is 0 Å². The van der Waals surface area contributed by atoms with Gasteiger partial charge in [-0.05, 0) is 0 Å². The predicted octanol–water partition coefficient (Wildman–Crippen LogP) is 5.38. The number of halogens is 6. The highest BCUT2D eigenvalue weighted by Gasteiger charge is 2.53. The summed E-state index contributed by atoms with van der Waals surface area (Å²) in [5, 5.41) is 4.46. The Hall–Kier alpha value is -1.21. The SMILES string of the molecule is CC.CC.FC(F)c1[nH]nc2c1C(F)(F)CCC2(F)F. The lowest BCUT2D eigenvalue weighted by molar-refractivity contribution is -0.0990. The standard InChI is InChI=1S/C8H6F6N2.2C2H6/c9-6(10)4-3-5(16-15-4)8(13,14)2-1-7(3,11)12;2*1-2/h6H,1-2H2,(H,15,16);2*1-2H3. The fourth-order valence-corrected chi connectivity index (χ4v) is 1.71. The second kappa shape index (κ2) is 6.99. The molecule has 8 heteroatoms. The second-order valence-corrected chi connectivity index (χ2v) is 3.57. The van der Waals surface area contributed by atoms with Crippen LogP contribution in [-0.4, -0.2) is 10.2 Å². The minimum Gasteiger partial charge on any atom is -0.276 e. The second-order valence-electron chi connectivity index (χ2n) is 3.57. The van der Waals surface area contributed by atoms with E-state index in [9.17, 15) is 26.3 Å². The summed E-state index contributed by atoms with van der Waals surface area (Å²) in [4.78, 5) is 0. The highest BCUT2D eigenvalue weighted by Crippen LogP contribution is 2.51. The molecule has 20 heavy (non-hydrogen) atoms. The van der Waals surface area contributed by atoms with Gasteiger partial charge in [0, 0.05) is 12.8 Å². The third-order valence-electron chi connectivity index (χ3n) is 2.48. The van der Waals surface area contributed by atoms with E-state index in [0.717, 1.165) is 0 Å². The van der Waals surface area contributed by atoms with Crippen LogP contribution in [0.5, 0.6) is 0 Å². The number of alkyl halides is 6. The molecule has 1 aliphatic rings. The Bertz CT molecular complexity index is 414. The Kier molecular flexibility index (Phi) is 6.56. The molecule has 0 amide bonds. The lowest BCUT2D eigenvalue weighted by atomic mass is 9.89. The first-order valence-corrected chi connectivity index (χ1v) is 6.39. The fourth-order valence-electron chi connectivity index (χ4n) is 1.71. The molecule has 2 nitrogen and oxygen atoms in total. The number of hydrogen-bond donors (Lipinski definition) is 1. The summed E-state index contributed by atoms with van der Waals surface area (Å²) in [5.74, 6) is -7.27. The van der Waals surface area contributed by atoms with E-state index in [1.54, 1.807) is 5.10 Å². The monoisotopic (exact) mass is 304 g/mol. The van der Waals surface area contributed by atoms with E-state index in [0.29, 0.717) is 0 Å². The first-order valence-electron chi connectivity index (χ1n) is 6.39. The topological polar surface area (TPSA) is 28.7 Å². The molecule has 2 rings (SSSR count). The Labute approximate surface area is 113 Å². The molecular weight excluding hydrogens is 286 g/mol. The number of hydrogen-bond acceptors (Lipinski definition) is 1. The lowest BCUT2D eigenvalue weighted by Crippen LogP contribution is -2.30. The van der Waals surface area contributed by atoms with E-state index in [4.69, 9.17) is 0 Å². The van der Waals surface area contributed by atoms with Crippen LogP contribution in [0.3, 0.4) is 0 Å². The Balaban J connectivity index is 0.000000829. The summed E-state index contributed by atoms with van der Waals surface area (Å²) < 4.78 is 77.5. The van der Waals surface area contributed by atoms with Crippen LogP contribution in [0.4, 0.5) is 26.3 Å². The molecule has 0 fully saturated rings. The van der Waals surface area contributed by atoms with Gasteiger partial charge in [-0.25, -0.2) is 17.6 Å². The summed E-state index contributed by atoms with van der Waals surface area (Å²) in [6.07, 6.45) is -5.54. The van der Waals surface area contributed by atoms with Crippen LogP contribution in [0.1, 0.15) is 63.9 Å². The molecule has 0 atom stereocenters. The predicted molar refractivity (Wildman–Crippen MR) is 63.3 cm³/mol. The van der Waals surface area contributed by atoms with Gasteiger partial charge in [0.1, 0.15) is 11.4 Å². The van der Waals surface area contributed by atoms with Gasteiger partial charge in [-0.1, -0.05) is 27.7 Å². The Morgan fingerprint density at radius 3 is 1.85 bits per heavy atom. The average molecular weight is 304 g/mol. The molecular formula is C12H18F6N2. The van der Waals surface area contributed by atoms with E-state index >= 15 is 0 Å². The summed E-state index contributed by atoms with van der Waals surface area (Å²) >= 11 is 0. The Morgan fingerprint density at radius 1 is 0.950 bits per heavy atom. The molecule has 118 valence electrons. The van der Waals surface area contributed by atoms with Crippen LogP contribution >= 0.6 is 0 Å². The minimum absolute atomic E-state index is 1.10. The molecule has 1 aromatic heterocycles. The maximum Gasteiger partial charge on any atom is 0.292 e. The van der Waals surface area contributed by atoms with Crippen molar-refractivity contribution in [1.29, 1.82) is 0 Å². The number of fused-ring (bicyclic) bond motifs is 1. The van der Waals surface area contributed by atoms with Gasteiger partial charge < -0.3 is 0 Å². The van der Waals surface area contributed by atoms with Crippen molar-refractivity contribution in [3.63, 3.8) is 0 Å². The van der Waals surface area contributed by atoms with Gasteiger partial charge >= 0.3 is 0 Å². The van der Waals surface area contributed by atoms with Crippen LogP contribution < -0.4 is 0 Å². The highest BCUT2D eigenvalue weighted by atomic mass is 19.3. The van der Waals surface area contributed by atoms with Crippen molar-refractivity contribution < 1.29 is 26.3 Å². The van der Waals surface area contributed by atoms with Crippen molar-refractivity contribution in [2.24, 2.45) is 0 Å². The van der Waals surface area contributed by atoms with Crippen molar-refractivity contribution in [1.82, 2.24) is 10.2 Å². The molecule has 0 saturated carbocycles. The summed E-state index contributed by atoms with van der Waals surface area (Å²) in [7, 11) is 0. The number of H-pyrrole nitrogens is 1. The first kappa shape index (κ1) is 18.8. The van der Waals surface area contributed by atoms with Gasteiger partial charge in [0.05, 0.1) is 5.56 Å². The molecule has 0 saturated heterocycles. The van der Waals surface area contributed by atoms with Gasteiger partial charge in [-0.15, -0.1) is 0 Å². The molecule has 1 heterocycles. The molecule has 1 aromatic rings. The van der Waals surface area contributed by atoms with E-state index in [2.05, 4.69) is 5.10 Å². The summed E-state index contributed by atoms with van der Waals surface area (Å²) in [5.41, 5.74) is -3.84. The molecule has 1 N–H and O–H groups in total. The van der Waals surface area contributed by atoms with Crippen molar-refractivity contribution in [3.05, 3.63) is 17.0 Å². The van der Waals surface area contributed by atoms with E-state index in [-0.39, 0.29) is 0 Å². The van der Waals surface area contributed by atoms with Gasteiger partial charge in [-0.3, -0.25) is 5.10 Å². The number of nitrogens with zero attached hydrogens (tertiary/aromatic N) is 1. The maximum absolute atomic E-state index is 13.3. The largest absolute Gasteiger partial charge is 0.292 e. The molecule has 0 aliphatic heterocycles. The lowest BCUT2D eigenvalue weighted by Gasteiger charge is -2.27. The minimum atomic E-state index is -3.68. The molecule has 0 aromatic carbocycles. The van der Waals surface area contributed by atoms with Crippen molar-refractivity contribution in [2.45, 2.75) is 58.8 Å². The van der Waals surface area contributed by atoms with E-state index in [1.165, 1.54) is 0 Å². The number of nitrogens with one attached hydrogen (secondary N) is 1. The number of rotatable bonds is 1. The van der Waals surface area contributed by atoms with Gasteiger partial charge in [-0.2, -0.15) is 13.9 Å². The zero-order valence-electron chi connectivity index (χ0n) is 11.7. The van der Waals surface area contributed by atoms with Crippen molar-refractivity contribution >= 4 is 0 Å². The van der Waals surface area contributed by atoms with Crippen LogP contribution in [0.15, 0.2) is 0 Å². The first-order chi connectivity index (χ1) is 9.26. The van der Waals surface area contributed by atoms with E-state index < -0.39 is 48.1 Å². The molecule has 0 spiro atoms. The third kappa shape index (κ3) is 3.46. The average Bonchev–Trinajstić information content (AvgIpc) is 2.87. The Morgan fingerprint density at radius 2 is 1.40 bits per heavy atom. The summed E-state index contributed by atoms with van der Waals surface area (Å²) in [6, 6.07) is 0. The van der Waals surface area contributed by atoms with Gasteiger partial charge in [0.2, 0.25) is 0 Å². The number of aromatic nitrogens is 2. The van der Waals surface area contributed by atoms with Crippen molar-refractivity contribution in [3.8, 4) is 0 Å². The number of aromatic amines is 1. The smallest absolute Gasteiger partial charge is 0.276 e. The van der Waals surface area contributed by atoms with Crippen LogP contribution in [-0.2, 0) is 11.8 Å². The molecule has 0 radical (unpaired) electrons. The maximum atomic E-state index is 13.3. The third-order valence-corrected chi connectivity index (χ3v) is 2.48. The fraction of sp³-hybridized carbons (Fsp3) is 0.750. The van der Waals surface area contributed by atoms with Gasteiger partial charge in [0.15, 0.2) is 0 Å². The zero-order chi connectivity index (χ0) is 16.1. The quantitative estimate of drug-likeness (QED) is 0.693. The molecule has 1 aliphatic carbocycles. The summed E-state index contributed by atoms with van der Waals surface area (Å²) in [6.45, 7) is 8.00. The highest BCUT2D eigenvalue weighted by molar-refractivity contribution is 5.36.